The van der Waals surface area contributed by atoms with E-state index in [0.29, 0.717) is 5.56 Å². The molecule has 0 saturated heterocycles. The van der Waals surface area contributed by atoms with Gasteiger partial charge in [-0.2, -0.15) is 0 Å². The highest BCUT2D eigenvalue weighted by Crippen LogP contribution is 2.16. The first kappa shape index (κ1) is 12.1. The predicted molar refractivity (Wildman–Crippen MR) is 57.3 cm³/mol. The van der Waals surface area contributed by atoms with Gasteiger partial charge in [0.15, 0.2) is 0 Å². The van der Waals surface area contributed by atoms with Gasteiger partial charge >= 0.3 is 11.9 Å². The van der Waals surface area contributed by atoms with Crippen LogP contribution in [0.2, 0.25) is 5.02 Å². The third kappa shape index (κ3) is 3.01. The first-order valence-electron chi connectivity index (χ1n) is 4.17. The molecule has 16 heavy (non-hydrogen) atoms. The molecule has 0 aliphatic heterocycles. The molecular weight excluding hydrogens is 232 g/mol. The number of halogens is 1. The Balaban J connectivity index is 3.03. The lowest BCUT2D eigenvalue weighted by molar-refractivity contribution is -0.133. The van der Waals surface area contributed by atoms with Gasteiger partial charge in [0, 0.05) is 11.5 Å². The maximum absolute atomic E-state index is 10.7. The van der Waals surface area contributed by atoms with Gasteiger partial charge < -0.3 is 9.84 Å². The van der Waals surface area contributed by atoms with Crippen LogP contribution in [0.1, 0.15) is 15.9 Å². The van der Waals surface area contributed by atoms with Gasteiger partial charge in [-0.05, 0) is 18.2 Å². The molecule has 0 atom stereocenters. The zero-order chi connectivity index (χ0) is 12.1. The molecule has 1 rings (SSSR count). The highest BCUT2D eigenvalue weighted by atomic mass is 35.5. The SMILES string of the molecule is COC(=O)C#Cc1ccc(C(=O)O)cc1Cl. The number of carboxylic acid groups (broad SMARTS) is 1. The van der Waals surface area contributed by atoms with E-state index < -0.39 is 11.9 Å². The molecule has 0 heterocycles. The van der Waals surface area contributed by atoms with E-state index in [1.54, 1.807) is 0 Å². The number of carbonyl (C=O) groups is 2. The molecule has 5 heteroatoms. The maximum atomic E-state index is 10.7. The van der Waals surface area contributed by atoms with E-state index >= 15 is 0 Å². The monoisotopic (exact) mass is 238 g/mol. The van der Waals surface area contributed by atoms with E-state index in [0.717, 1.165) is 0 Å². The quantitative estimate of drug-likeness (QED) is 0.596. The topological polar surface area (TPSA) is 63.6 Å². The van der Waals surface area contributed by atoms with Gasteiger partial charge in [0.05, 0.1) is 17.7 Å². The molecule has 0 radical (unpaired) electrons. The maximum Gasteiger partial charge on any atom is 0.384 e. The van der Waals surface area contributed by atoms with Crippen LogP contribution in [-0.4, -0.2) is 24.2 Å². The van der Waals surface area contributed by atoms with Crippen molar-refractivity contribution in [1.82, 2.24) is 0 Å². The van der Waals surface area contributed by atoms with Crippen LogP contribution < -0.4 is 0 Å². The van der Waals surface area contributed by atoms with Crippen molar-refractivity contribution in [2.75, 3.05) is 7.11 Å². The lowest BCUT2D eigenvalue weighted by atomic mass is 10.1. The zero-order valence-corrected chi connectivity index (χ0v) is 9.04. The number of hydrogen-bond acceptors (Lipinski definition) is 3. The summed E-state index contributed by atoms with van der Waals surface area (Å²) >= 11 is 5.78. The highest BCUT2D eigenvalue weighted by molar-refractivity contribution is 6.32. The largest absolute Gasteiger partial charge is 0.478 e. The fraction of sp³-hybridized carbons (Fsp3) is 0.0909. The molecule has 0 bridgehead atoms. The molecule has 1 N–H and O–H groups in total. The molecule has 0 amide bonds. The second-order valence-corrected chi connectivity index (χ2v) is 3.15. The Morgan fingerprint density at radius 2 is 2.12 bits per heavy atom. The minimum atomic E-state index is -1.07. The number of aromatic carboxylic acids is 1. The van der Waals surface area contributed by atoms with Gasteiger partial charge in [0.1, 0.15) is 0 Å². The molecule has 0 aromatic heterocycles. The third-order valence-corrected chi connectivity index (χ3v) is 2.01. The van der Waals surface area contributed by atoms with Gasteiger partial charge in [0.25, 0.3) is 0 Å². The highest BCUT2D eigenvalue weighted by Gasteiger charge is 2.05. The van der Waals surface area contributed by atoms with Crippen molar-refractivity contribution >= 4 is 23.5 Å². The Morgan fingerprint density at radius 3 is 2.62 bits per heavy atom. The Kier molecular flexibility index (Phi) is 3.92. The second-order valence-electron chi connectivity index (χ2n) is 2.74. The van der Waals surface area contributed by atoms with E-state index in [1.807, 2.05) is 0 Å². The number of carbonyl (C=O) groups excluding carboxylic acids is 1. The van der Waals surface area contributed by atoms with E-state index in [1.165, 1.54) is 25.3 Å². The molecule has 82 valence electrons. The van der Waals surface area contributed by atoms with Gasteiger partial charge in [-0.15, -0.1) is 0 Å². The average Bonchev–Trinajstić information content (AvgIpc) is 2.26. The molecule has 0 aliphatic rings. The molecule has 0 fully saturated rings. The number of hydrogen-bond donors (Lipinski definition) is 1. The van der Waals surface area contributed by atoms with Crippen LogP contribution >= 0.6 is 11.6 Å². The summed E-state index contributed by atoms with van der Waals surface area (Å²) in [6, 6.07) is 4.06. The van der Waals surface area contributed by atoms with Crippen molar-refractivity contribution < 1.29 is 19.4 Å². The van der Waals surface area contributed by atoms with Gasteiger partial charge in [-0.3, -0.25) is 0 Å². The fourth-order valence-corrected chi connectivity index (χ4v) is 1.15. The van der Waals surface area contributed by atoms with Crippen molar-refractivity contribution in [3.05, 3.63) is 34.3 Å². The molecule has 4 nitrogen and oxygen atoms in total. The first-order valence-corrected chi connectivity index (χ1v) is 4.55. The number of carboxylic acids is 1. The Bertz CT molecular complexity index is 496. The smallest absolute Gasteiger partial charge is 0.384 e. The van der Waals surface area contributed by atoms with Crippen molar-refractivity contribution in [2.45, 2.75) is 0 Å². The van der Waals surface area contributed by atoms with Crippen molar-refractivity contribution in [3.8, 4) is 11.8 Å². The first-order chi connectivity index (χ1) is 7.54. The van der Waals surface area contributed by atoms with E-state index in [4.69, 9.17) is 16.7 Å². The van der Waals surface area contributed by atoms with E-state index in [2.05, 4.69) is 16.6 Å². The molecule has 0 saturated carbocycles. The zero-order valence-electron chi connectivity index (χ0n) is 8.28. The molecular formula is C11H7ClO4. The predicted octanol–water partition coefficient (Wildman–Crippen LogP) is 1.56. The normalized spacial score (nSPS) is 8.88. The van der Waals surface area contributed by atoms with Crippen LogP contribution in [0.15, 0.2) is 18.2 Å². The van der Waals surface area contributed by atoms with Crippen LogP contribution in [0, 0.1) is 11.8 Å². The van der Waals surface area contributed by atoms with Crippen LogP contribution in [0.5, 0.6) is 0 Å². The molecule has 1 aromatic rings. The minimum absolute atomic E-state index is 0.0635. The lowest BCUT2D eigenvalue weighted by Crippen LogP contribution is -1.97. The number of benzene rings is 1. The van der Waals surface area contributed by atoms with Crippen molar-refractivity contribution in [3.63, 3.8) is 0 Å². The summed E-state index contributed by atoms with van der Waals surface area (Å²) in [7, 11) is 1.21. The summed E-state index contributed by atoms with van der Waals surface area (Å²) in [5.41, 5.74) is 0.436. The summed E-state index contributed by atoms with van der Waals surface area (Å²) in [5, 5.41) is 8.86. The van der Waals surface area contributed by atoms with Crippen LogP contribution in [0.25, 0.3) is 0 Å². The van der Waals surface area contributed by atoms with Crippen LogP contribution in [0.3, 0.4) is 0 Å². The van der Waals surface area contributed by atoms with Gasteiger partial charge in [0.2, 0.25) is 0 Å². The summed E-state index contributed by atoms with van der Waals surface area (Å²) in [4.78, 5) is 21.3. The minimum Gasteiger partial charge on any atom is -0.478 e. The van der Waals surface area contributed by atoms with Crippen molar-refractivity contribution in [2.24, 2.45) is 0 Å². The summed E-state index contributed by atoms with van der Waals surface area (Å²) in [6.45, 7) is 0. The standard InChI is InChI=1S/C11H7ClO4/c1-16-10(13)5-4-7-2-3-8(11(14)15)6-9(7)12/h2-3,6H,1H3,(H,14,15). The number of esters is 1. The van der Waals surface area contributed by atoms with Crippen molar-refractivity contribution in [1.29, 1.82) is 0 Å². The molecule has 0 spiro atoms. The lowest BCUT2D eigenvalue weighted by Gasteiger charge is -1.97. The third-order valence-electron chi connectivity index (χ3n) is 1.70. The summed E-state index contributed by atoms with van der Waals surface area (Å²) < 4.78 is 4.32. The number of methoxy groups -OCH3 is 1. The summed E-state index contributed by atoms with van der Waals surface area (Å²) in [6.07, 6.45) is 0. The van der Waals surface area contributed by atoms with Crippen LogP contribution in [0.4, 0.5) is 0 Å². The molecule has 0 aliphatic carbocycles. The Labute approximate surface area is 96.8 Å². The molecule has 1 aromatic carbocycles. The number of ether oxygens (including phenoxy) is 1. The Morgan fingerprint density at radius 1 is 1.44 bits per heavy atom. The fourth-order valence-electron chi connectivity index (χ4n) is 0.919. The van der Waals surface area contributed by atoms with Gasteiger partial charge in [-0.1, -0.05) is 17.5 Å². The average molecular weight is 239 g/mol. The van der Waals surface area contributed by atoms with E-state index in [-0.39, 0.29) is 10.6 Å². The molecule has 0 unspecified atom stereocenters. The van der Waals surface area contributed by atoms with Gasteiger partial charge in [-0.25, -0.2) is 9.59 Å². The Hall–Kier alpha value is -1.99. The second kappa shape index (κ2) is 5.19. The summed E-state index contributed by atoms with van der Waals surface area (Å²) in [5.74, 6) is 2.92. The number of rotatable bonds is 1. The van der Waals surface area contributed by atoms with Crippen LogP contribution in [-0.2, 0) is 9.53 Å². The van der Waals surface area contributed by atoms with E-state index in [9.17, 15) is 9.59 Å².